The van der Waals surface area contributed by atoms with Crippen LogP contribution in [-0.2, 0) is 9.53 Å². The van der Waals surface area contributed by atoms with Gasteiger partial charge in [0.15, 0.2) is 0 Å². The van der Waals surface area contributed by atoms with Crippen LogP contribution in [0.4, 0.5) is 0 Å². The van der Waals surface area contributed by atoms with Crippen LogP contribution in [0.15, 0.2) is 41.2 Å². The molecule has 0 atom stereocenters. The summed E-state index contributed by atoms with van der Waals surface area (Å²) in [6, 6.07) is 5.43. The van der Waals surface area contributed by atoms with E-state index in [0.717, 1.165) is 48.4 Å². The molecule has 0 aliphatic heterocycles. The normalized spacial score (nSPS) is 15.3. The van der Waals surface area contributed by atoms with E-state index in [9.17, 15) is 9.59 Å². The van der Waals surface area contributed by atoms with Gasteiger partial charge >= 0.3 is 11.9 Å². The molecule has 2 aromatic rings. The fraction of sp³-hybridized carbons (Fsp3) is 0.333. The fourth-order valence-corrected chi connectivity index (χ4v) is 3.69. The summed E-state index contributed by atoms with van der Waals surface area (Å²) in [6.45, 7) is 0. The summed E-state index contributed by atoms with van der Waals surface area (Å²) in [5.41, 5.74) is 3.98. The smallest absolute Gasteiger partial charge is 0.337 e. The number of carbonyl (C=O) groups is 2. The standard InChI is InChI=1S/C21H22O5/c1-25-21(24)17-11-15(7-8-19(22)23)20(16-9-10-26-13-16)18(12-17)14-5-3-2-4-6-14/h7-14H,2-6H2,1H3,(H,22,23). The molecule has 1 saturated carbocycles. The predicted octanol–water partition coefficient (Wildman–Crippen LogP) is 4.88. The Morgan fingerprint density at radius 3 is 2.62 bits per heavy atom. The molecular formula is C21H22O5. The lowest BCUT2D eigenvalue weighted by Gasteiger charge is -2.26. The van der Waals surface area contributed by atoms with Crippen LogP contribution in [0.25, 0.3) is 17.2 Å². The number of rotatable bonds is 5. The van der Waals surface area contributed by atoms with E-state index in [0.29, 0.717) is 17.0 Å². The molecule has 1 N–H and O–H groups in total. The van der Waals surface area contributed by atoms with Gasteiger partial charge in [-0.2, -0.15) is 0 Å². The van der Waals surface area contributed by atoms with Gasteiger partial charge < -0.3 is 14.3 Å². The monoisotopic (exact) mass is 354 g/mol. The van der Waals surface area contributed by atoms with Crippen molar-refractivity contribution in [3.8, 4) is 11.1 Å². The molecule has 3 rings (SSSR count). The molecule has 5 heteroatoms. The Bertz CT molecular complexity index is 811. The minimum Gasteiger partial charge on any atom is -0.478 e. The van der Waals surface area contributed by atoms with Gasteiger partial charge in [0, 0.05) is 11.6 Å². The fourth-order valence-electron chi connectivity index (χ4n) is 3.69. The highest BCUT2D eigenvalue weighted by Crippen LogP contribution is 2.41. The first-order valence-corrected chi connectivity index (χ1v) is 8.80. The van der Waals surface area contributed by atoms with Crippen LogP contribution in [0.1, 0.15) is 59.5 Å². The van der Waals surface area contributed by atoms with E-state index in [1.165, 1.54) is 19.6 Å². The first-order valence-electron chi connectivity index (χ1n) is 8.80. The van der Waals surface area contributed by atoms with Crippen LogP contribution < -0.4 is 0 Å². The molecule has 0 amide bonds. The van der Waals surface area contributed by atoms with Crippen LogP contribution in [-0.4, -0.2) is 24.2 Å². The number of carboxylic acid groups (broad SMARTS) is 1. The number of hydrogen-bond acceptors (Lipinski definition) is 4. The molecule has 0 spiro atoms. The first kappa shape index (κ1) is 18.0. The molecule has 136 valence electrons. The zero-order valence-electron chi connectivity index (χ0n) is 14.7. The summed E-state index contributed by atoms with van der Waals surface area (Å²) in [5, 5.41) is 9.04. The van der Waals surface area contributed by atoms with Crippen molar-refractivity contribution in [3.63, 3.8) is 0 Å². The number of carboxylic acids is 1. The number of esters is 1. The van der Waals surface area contributed by atoms with E-state index in [1.54, 1.807) is 18.6 Å². The predicted molar refractivity (Wildman–Crippen MR) is 98.0 cm³/mol. The number of benzene rings is 1. The van der Waals surface area contributed by atoms with Gasteiger partial charge in [0.1, 0.15) is 0 Å². The molecule has 1 aliphatic rings. The number of ether oxygens (including phenoxy) is 1. The molecule has 0 unspecified atom stereocenters. The summed E-state index contributed by atoms with van der Waals surface area (Å²) in [7, 11) is 1.35. The third kappa shape index (κ3) is 3.87. The molecule has 0 saturated heterocycles. The van der Waals surface area contributed by atoms with Crippen molar-refractivity contribution in [2.45, 2.75) is 38.0 Å². The molecule has 1 aromatic carbocycles. The first-order chi connectivity index (χ1) is 12.6. The van der Waals surface area contributed by atoms with Crippen LogP contribution in [0.2, 0.25) is 0 Å². The zero-order chi connectivity index (χ0) is 18.5. The second-order valence-corrected chi connectivity index (χ2v) is 6.54. The highest BCUT2D eigenvalue weighted by atomic mass is 16.5. The number of hydrogen-bond donors (Lipinski definition) is 1. The van der Waals surface area contributed by atoms with Gasteiger partial charge in [0.25, 0.3) is 0 Å². The second kappa shape index (κ2) is 8.04. The third-order valence-electron chi connectivity index (χ3n) is 4.88. The Morgan fingerprint density at radius 2 is 2.00 bits per heavy atom. The van der Waals surface area contributed by atoms with Crippen molar-refractivity contribution >= 4 is 18.0 Å². The van der Waals surface area contributed by atoms with Crippen LogP contribution in [0, 0.1) is 0 Å². The Morgan fingerprint density at radius 1 is 1.23 bits per heavy atom. The molecule has 1 aliphatic carbocycles. The Kier molecular flexibility index (Phi) is 5.56. The van der Waals surface area contributed by atoms with Crippen molar-refractivity contribution in [3.05, 3.63) is 53.5 Å². The van der Waals surface area contributed by atoms with Gasteiger partial charge in [-0.1, -0.05) is 19.3 Å². The summed E-state index contributed by atoms with van der Waals surface area (Å²) in [6.07, 6.45) is 11.5. The van der Waals surface area contributed by atoms with Gasteiger partial charge in [-0.15, -0.1) is 0 Å². The minimum absolute atomic E-state index is 0.329. The lowest BCUT2D eigenvalue weighted by Crippen LogP contribution is -2.10. The number of carbonyl (C=O) groups excluding carboxylic acids is 1. The van der Waals surface area contributed by atoms with E-state index in [4.69, 9.17) is 14.3 Å². The van der Waals surface area contributed by atoms with E-state index in [1.807, 2.05) is 12.1 Å². The summed E-state index contributed by atoms with van der Waals surface area (Å²) in [5.74, 6) is -1.13. The quantitative estimate of drug-likeness (QED) is 0.612. The topological polar surface area (TPSA) is 76.7 Å². The maximum atomic E-state index is 12.2. The van der Waals surface area contributed by atoms with E-state index < -0.39 is 11.9 Å². The number of methoxy groups -OCH3 is 1. The van der Waals surface area contributed by atoms with E-state index in [-0.39, 0.29) is 0 Å². The number of furan rings is 1. The Labute approximate surface area is 152 Å². The van der Waals surface area contributed by atoms with Crippen LogP contribution >= 0.6 is 0 Å². The second-order valence-electron chi connectivity index (χ2n) is 6.54. The van der Waals surface area contributed by atoms with Gasteiger partial charge in [0.05, 0.1) is 25.2 Å². The molecule has 1 aromatic heterocycles. The van der Waals surface area contributed by atoms with E-state index in [2.05, 4.69) is 0 Å². The maximum Gasteiger partial charge on any atom is 0.337 e. The molecule has 5 nitrogen and oxygen atoms in total. The lowest BCUT2D eigenvalue weighted by molar-refractivity contribution is -0.131. The molecule has 0 radical (unpaired) electrons. The largest absolute Gasteiger partial charge is 0.478 e. The highest BCUT2D eigenvalue weighted by molar-refractivity contribution is 5.94. The van der Waals surface area contributed by atoms with E-state index >= 15 is 0 Å². The van der Waals surface area contributed by atoms with Crippen molar-refractivity contribution in [2.75, 3.05) is 7.11 Å². The minimum atomic E-state index is -1.04. The van der Waals surface area contributed by atoms with Crippen molar-refractivity contribution in [1.82, 2.24) is 0 Å². The van der Waals surface area contributed by atoms with Crippen LogP contribution in [0.3, 0.4) is 0 Å². The van der Waals surface area contributed by atoms with Gasteiger partial charge in [-0.25, -0.2) is 9.59 Å². The third-order valence-corrected chi connectivity index (χ3v) is 4.88. The molecule has 0 bridgehead atoms. The molecule has 26 heavy (non-hydrogen) atoms. The van der Waals surface area contributed by atoms with Gasteiger partial charge in [-0.05, 0) is 59.7 Å². The number of aliphatic carboxylic acids is 1. The van der Waals surface area contributed by atoms with Crippen molar-refractivity contribution in [2.24, 2.45) is 0 Å². The Balaban J connectivity index is 2.22. The average Bonchev–Trinajstić information content (AvgIpc) is 3.19. The summed E-state index contributed by atoms with van der Waals surface area (Å²) >= 11 is 0. The zero-order valence-corrected chi connectivity index (χ0v) is 14.7. The average molecular weight is 354 g/mol. The molecular weight excluding hydrogens is 332 g/mol. The lowest BCUT2D eigenvalue weighted by atomic mass is 9.79. The van der Waals surface area contributed by atoms with Crippen molar-refractivity contribution < 1.29 is 23.8 Å². The maximum absolute atomic E-state index is 12.2. The SMILES string of the molecule is COC(=O)c1cc(C=CC(=O)O)c(-c2ccoc2)c(C2CCCCC2)c1. The molecule has 1 heterocycles. The van der Waals surface area contributed by atoms with Gasteiger partial charge in [-0.3, -0.25) is 0 Å². The summed E-state index contributed by atoms with van der Waals surface area (Å²) in [4.78, 5) is 23.2. The van der Waals surface area contributed by atoms with Crippen molar-refractivity contribution in [1.29, 1.82) is 0 Å². The molecule has 1 fully saturated rings. The van der Waals surface area contributed by atoms with Gasteiger partial charge in [0.2, 0.25) is 0 Å². The Hall–Kier alpha value is -2.82. The summed E-state index contributed by atoms with van der Waals surface area (Å²) < 4.78 is 10.2. The highest BCUT2D eigenvalue weighted by Gasteiger charge is 2.23. The van der Waals surface area contributed by atoms with Crippen LogP contribution in [0.5, 0.6) is 0 Å².